The predicted molar refractivity (Wildman–Crippen MR) is 91.9 cm³/mol. The third-order valence-corrected chi connectivity index (χ3v) is 4.64. The average Bonchev–Trinajstić information content (AvgIpc) is 2.57. The summed E-state index contributed by atoms with van der Waals surface area (Å²) in [6, 6.07) is 5.57. The van der Waals surface area contributed by atoms with Gasteiger partial charge in [-0.3, -0.25) is 0 Å². The second-order valence-corrected chi connectivity index (χ2v) is 6.65. The van der Waals surface area contributed by atoms with Gasteiger partial charge in [0, 0.05) is 0 Å². The number of ether oxygens (including phenoxy) is 2. The molecule has 1 heterocycles. The molecule has 0 atom stereocenters. The molecule has 0 unspecified atom stereocenters. The van der Waals surface area contributed by atoms with Crippen LogP contribution in [0.4, 0.5) is 13.2 Å². The summed E-state index contributed by atoms with van der Waals surface area (Å²) in [6.07, 6.45) is 2.59. The van der Waals surface area contributed by atoms with Crippen LogP contribution in [0.25, 0.3) is 0 Å². The maximum atomic E-state index is 12.1. The van der Waals surface area contributed by atoms with Crippen LogP contribution >= 0.6 is 0 Å². The number of rotatable bonds is 9. The third-order valence-electron chi connectivity index (χ3n) is 4.64. The van der Waals surface area contributed by atoms with E-state index in [9.17, 15) is 13.2 Å². The molecule has 2 rings (SSSR count). The lowest BCUT2D eigenvalue weighted by Gasteiger charge is -2.31. The quantitative estimate of drug-likeness (QED) is 0.562. The van der Waals surface area contributed by atoms with Crippen molar-refractivity contribution in [3.63, 3.8) is 0 Å². The summed E-state index contributed by atoms with van der Waals surface area (Å²) in [5.41, 5.74) is 0. The second-order valence-electron chi connectivity index (χ2n) is 6.65. The summed E-state index contributed by atoms with van der Waals surface area (Å²) in [7, 11) is 0. The van der Waals surface area contributed by atoms with Crippen LogP contribution in [0.5, 0.6) is 11.5 Å². The molecule has 0 spiro atoms. The minimum absolute atomic E-state index is 0.227. The Morgan fingerprint density at radius 3 is 2.28 bits per heavy atom. The van der Waals surface area contributed by atoms with Crippen molar-refractivity contribution >= 4 is 0 Å². The van der Waals surface area contributed by atoms with Gasteiger partial charge in [-0.2, -0.15) is 0 Å². The zero-order valence-electron chi connectivity index (χ0n) is 14.9. The fourth-order valence-corrected chi connectivity index (χ4v) is 3.17. The Kier molecular flexibility index (Phi) is 7.88. The maximum absolute atomic E-state index is 12.1. The largest absolute Gasteiger partial charge is 0.573 e. The molecule has 0 bridgehead atoms. The molecule has 1 aliphatic heterocycles. The Morgan fingerprint density at radius 1 is 1.04 bits per heavy atom. The number of hydrogen-bond acceptors (Lipinski definition) is 3. The molecular weight excluding hydrogens is 331 g/mol. The zero-order chi connectivity index (χ0) is 18.1. The summed E-state index contributed by atoms with van der Waals surface area (Å²) in [5.74, 6) is 1.03. The van der Waals surface area contributed by atoms with E-state index >= 15 is 0 Å². The van der Waals surface area contributed by atoms with Crippen LogP contribution in [0.2, 0.25) is 0 Å². The van der Waals surface area contributed by atoms with Crippen LogP contribution in [0.15, 0.2) is 24.3 Å². The number of benzene rings is 1. The Labute approximate surface area is 148 Å². The third kappa shape index (κ3) is 7.99. The molecule has 1 aromatic rings. The summed E-state index contributed by atoms with van der Waals surface area (Å²) < 4.78 is 45.8. The molecule has 3 nitrogen and oxygen atoms in total. The van der Waals surface area contributed by atoms with E-state index in [2.05, 4.69) is 16.6 Å². The number of hydrogen-bond donors (Lipinski definition) is 0. The highest BCUT2D eigenvalue weighted by Gasteiger charge is 2.31. The number of likely N-dealkylation sites (tertiary alicyclic amines) is 1. The fraction of sp³-hybridized carbons (Fsp3) is 0.684. The normalized spacial score (nSPS) is 16.8. The van der Waals surface area contributed by atoms with Gasteiger partial charge in [0.1, 0.15) is 11.5 Å². The van der Waals surface area contributed by atoms with Crippen LogP contribution in [-0.4, -0.2) is 37.5 Å². The van der Waals surface area contributed by atoms with E-state index < -0.39 is 6.36 Å². The molecule has 1 saturated heterocycles. The molecule has 0 aliphatic carbocycles. The smallest absolute Gasteiger partial charge is 0.494 e. The van der Waals surface area contributed by atoms with Crippen molar-refractivity contribution in [2.75, 3.05) is 26.2 Å². The highest BCUT2D eigenvalue weighted by Crippen LogP contribution is 2.25. The molecule has 142 valence electrons. The van der Waals surface area contributed by atoms with E-state index in [-0.39, 0.29) is 5.75 Å². The van der Waals surface area contributed by atoms with Gasteiger partial charge in [0.05, 0.1) is 6.61 Å². The van der Waals surface area contributed by atoms with E-state index in [0.29, 0.717) is 18.3 Å². The number of nitrogens with zero attached hydrogens (tertiary/aromatic N) is 1. The van der Waals surface area contributed by atoms with Crippen molar-refractivity contribution in [1.29, 1.82) is 0 Å². The first-order chi connectivity index (χ1) is 12.0. The minimum Gasteiger partial charge on any atom is -0.494 e. The van der Waals surface area contributed by atoms with Crippen molar-refractivity contribution in [2.45, 2.75) is 51.8 Å². The van der Waals surface area contributed by atoms with Gasteiger partial charge in [-0.15, -0.1) is 13.2 Å². The molecule has 0 radical (unpaired) electrons. The molecule has 0 N–H and O–H groups in total. The first-order valence-corrected chi connectivity index (χ1v) is 9.17. The lowest BCUT2D eigenvalue weighted by molar-refractivity contribution is -0.274. The van der Waals surface area contributed by atoms with Gasteiger partial charge in [-0.25, -0.2) is 0 Å². The fourth-order valence-electron chi connectivity index (χ4n) is 3.17. The molecule has 25 heavy (non-hydrogen) atoms. The summed E-state index contributed by atoms with van der Waals surface area (Å²) >= 11 is 0. The summed E-state index contributed by atoms with van der Waals surface area (Å²) in [6.45, 7) is 6.36. The standard InChI is InChI=1S/C19H28F3NO2/c1-2-3-4-12-23-13-9-16(10-14-23)11-15-24-17-5-7-18(8-6-17)25-19(20,21)22/h5-8,16H,2-4,9-15H2,1H3. The molecule has 1 aliphatic rings. The van der Waals surface area contributed by atoms with E-state index in [0.717, 1.165) is 19.5 Å². The van der Waals surface area contributed by atoms with E-state index in [4.69, 9.17) is 4.74 Å². The molecular formula is C19H28F3NO2. The Morgan fingerprint density at radius 2 is 1.68 bits per heavy atom. The van der Waals surface area contributed by atoms with E-state index in [1.165, 1.54) is 62.9 Å². The monoisotopic (exact) mass is 359 g/mol. The van der Waals surface area contributed by atoms with Gasteiger partial charge >= 0.3 is 6.36 Å². The van der Waals surface area contributed by atoms with Crippen molar-refractivity contribution in [3.05, 3.63) is 24.3 Å². The topological polar surface area (TPSA) is 21.7 Å². The molecule has 1 aromatic carbocycles. The van der Waals surface area contributed by atoms with Gasteiger partial charge < -0.3 is 14.4 Å². The van der Waals surface area contributed by atoms with E-state index in [1.54, 1.807) is 0 Å². The lowest BCUT2D eigenvalue weighted by atomic mass is 9.94. The zero-order valence-corrected chi connectivity index (χ0v) is 14.9. The summed E-state index contributed by atoms with van der Waals surface area (Å²) in [4.78, 5) is 2.55. The maximum Gasteiger partial charge on any atom is 0.573 e. The SMILES string of the molecule is CCCCCN1CCC(CCOc2ccc(OC(F)(F)F)cc2)CC1. The van der Waals surface area contributed by atoms with Gasteiger partial charge in [-0.05, 0) is 75.5 Å². The van der Waals surface area contributed by atoms with E-state index in [1.807, 2.05) is 0 Å². The molecule has 6 heteroatoms. The van der Waals surface area contributed by atoms with Gasteiger partial charge in [0.15, 0.2) is 0 Å². The minimum atomic E-state index is -4.66. The van der Waals surface area contributed by atoms with Crippen molar-refractivity contribution in [2.24, 2.45) is 5.92 Å². The highest BCUT2D eigenvalue weighted by molar-refractivity contribution is 5.31. The average molecular weight is 359 g/mol. The number of alkyl halides is 3. The van der Waals surface area contributed by atoms with Crippen LogP contribution < -0.4 is 9.47 Å². The van der Waals surface area contributed by atoms with Crippen LogP contribution in [0.1, 0.15) is 45.4 Å². The lowest BCUT2D eigenvalue weighted by Crippen LogP contribution is -2.34. The van der Waals surface area contributed by atoms with Gasteiger partial charge in [0.2, 0.25) is 0 Å². The molecule has 0 aromatic heterocycles. The Bertz CT molecular complexity index is 482. The predicted octanol–water partition coefficient (Wildman–Crippen LogP) is 5.26. The highest BCUT2D eigenvalue weighted by atomic mass is 19.4. The number of piperidine rings is 1. The first-order valence-electron chi connectivity index (χ1n) is 9.17. The van der Waals surface area contributed by atoms with Crippen LogP contribution in [-0.2, 0) is 0 Å². The van der Waals surface area contributed by atoms with Gasteiger partial charge in [-0.1, -0.05) is 19.8 Å². The Balaban J connectivity index is 1.61. The number of halogens is 3. The molecule has 0 saturated carbocycles. The second kappa shape index (κ2) is 9.90. The van der Waals surface area contributed by atoms with Gasteiger partial charge in [0.25, 0.3) is 0 Å². The molecule has 0 amide bonds. The Hall–Kier alpha value is -1.43. The first kappa shape index (κ1) is 19.9. The number of unbranched alkanes of at least 4 members (excludes halogenated alkanes) is 2. The summed E-state index contributed by atoms with van der Waals surface area (Å²) in [5, 5.41) is 0. The van der Waals surface area contributed by atoms with Crippen LogP contribution in [0, 0.1) is 5.92 Å². The van der Waals surface area contributed by atoms with Crippen molar-refractivity contribution in [3.8, 4) is 11.5 Å². The van der Waals surface area contributed by atoms with Crippen LogP contribution in [0.3, 0.4) is 0 Å². The van der Waals surface area contributed by atoms with Crippen molar-refractivity contribution in [1.82, 2.24) is 4.90 Å². The molecule has 1 fully saturated rings. The van der Waals surface area contributed by atoms with Crippen molar-refractivity contribution < 1.29 is 22.6 Å².